The number of rotatable bonds is 4. The van der Waals surface area contributed by atoms with E-state index in [9.17, 15) is 5.11 Å². The van der Waals surface area contributed by atoms with Crippen LogP contribution >= 0.6 is 12.6 Å². The molecule has 1 rings (SSSR count). The molecule has 1 N–H and O–H groups in total. The SMILES string of the molecule is CC(C)CC(c1ccc(O)cc1)C(C)S. The third kappa shape index (κ3) is 3.78. The lowest BCUT2D eigenvalue weighted by Gasteiger charge is -2.22. The van der Waals surface area contributed by atoms with Gasteiger partial charge in [-0.1, -0.05) is 32.9 Å². The van der Waals surface area contributed by atoms with Gasteiger partial charge in [0.25, 0.3) is 0 Å². The lowest BCUT2D eigenvalue weighted by atomic mass is 9.88. The van der Waals surface area contributed by atoms with Crippen LogP contribution in [0.3, 0.4) is 0 Å². The number of benzene rings is 1. The summed E-state index contributed by atoms with van der Waals surface area (Å²) in [5.41, 5.74) is 1.27. The van der Waals surface area contributed by atoms with E-state index in [1.165, 1.54) is 5.56 Å². The van der Waals surface area contributed by atoms with Gasteiger partial charge in [-0.3, -0.25) is 0 Å². The summed E-state index contributed by atoms with van der Waals surface area (Å²) in [4.78, 5) is 0. The highest BCUT2D eigenvalue weighted by atomic mass is 32.1. The average molecular weight is 224 g/mol. The molecule has 0 heterocycles. The zero-order chi connectivity index (χ0) is 11.4. The Hall–Kier alpha value is -0.630. The summed E-state index contributed by atoms with van der Waals surface area (Å²) >= 11 is 4.54. The number of hydrogen-bond donors (Lipinski definition) is 2. The molecule has 1 aromatic carbocycles. The molecule has 2 unspecified atom stereocenters. The summed E-state index contributed by atoms with van der Waals surface area (Å²) in [6.45, 7) is 6.58. The Balaban J connectivity index is 2.84. The van der Waals surface area contributed by atoms with E-state index in [0.29, 0.717) is 22.8 Å². The van der Waals surface area contributed by atoms with Crippen molar-refractivity contribution >= 4 is 12.6 Å². The molecular weight excluding hydrogens is 204 g/mol. The predicted octanol–water partition coefficient (Wildman–Crippen LogP) is 3.84. The fourth-order valence-electron chi connectivity index (χ4n) is 1.84. The van der Waals surface area contributed by atoms with Crippen LogP contribution in [-0.2, 0) is 0 Å². The van der Waals surface area contributed by atoms with E-state index in [1.54, 1.807) is 12.1 Å². The van der Waals surface area contributed by atoms with E-state index in [0.717, 1.165) is 6.42 Å². The van der Waals surface area contributed by atoms with Crippen molar-refractivity contribution in [3.63, 3.8) is 0 Å². The molecule has 2 heteroatoms. The summed E-state index contributed by atoms with van der Waals surface area (Å²) in [6, 6.07) is 7.49. The van der Waals surface area contributed by atoms with Crippen molar-refractivity contribution in [1.29, 1.82) is 0 Å². The monoisotopic (exact) mass is 224 g/mol. The normalized spacial score (nSPS) is 15.3. The van der Waals surface area contributed by atoms with Crippen molar-refractivity contribution in [3.05, 3.63) is 29.8 Å². The maximum Gasteiger partial charge on any atom is 0.115 e. The number of aromatic hydroxyl groups is 1. The molecule has 84 valence electrons. The second-order valence-corrected chi connectivity index (χ2v) is 5.38. The molecule has 1 nitrogen and oxygen atoms in total. The van der Waals surface area contributed by atoms with Crippen LogP contribution in [0.2, 0.25) is 0 Å². The standard InChI is InChI=1S/C13H20OS/c1-9(2)8-13(10(3)15)11-4-6-12(14)7-5-11/h4-7,9-10,13-15H,8H2,1-3H3. The van der Waals surface area contributed by atoms with Crippen LogP contribution < -0.4 is 0 Å². The molecule has 0 saturated heterocycles. The molecule has 2 atom stereocenters. The molecule has 0 radical (unpaired) electrons. The van der Waals surface area contributed by atoms with Gasteiger partial charge in [-0.15, -0.1) is 0 Å². The first-order valence-corrected chi connectivity index (χ1v) is 5.99. The van der Waals surface area contributed by atoms with Crippen LogP contribution in [0.15, 0.2) is 24.3 Å². The van der Waals surface area contributed by atoms with Gasteiger partial charge in [0.1, 0.15) is 5.75 Å². The molecule has 0 bridgehead atoms. The molecule has 0 aromatic heterocycles. The Bertz CT molecular complexity index is 290. The van der Waals surface area contributed by atoms with Gasteiger partial charge in [-0.2, -0.15) is 12.6 Å². The maximum absolute atomic E-state index is 9.24. The highest BCUT2D eigenvalue weighted by molar-refractivity contribution is 7.81. The minimum absolute atomic E-state index is 0.328. The first kappa shape index (κ1) is 12.4. The van der Waals surface area contributed by atoms with Crippen molar-refractivity contribution in [2.45, 2.75) is 38.4 Å². The second kappa shape index (κ2) is 5.45. The van der Waals surface area contributed by atoms with Gasteiger partial charge < -0.3 is 5.11 Å². The number of phenols is 1. The Morgan fingerprint density at radius 1 is 1.13 bits per heavy atom. The Kier molecular flexibility index (Phi) is 4.52. The molecule has 15 heavy (non-hydrogen) atoms. The molecule has 1 aromatic rings. The van der Waals surface area contributed by atoms with E-state index < -0.39 is 0 Å². The Labute approximate surface area is 97.9 Å². The zero-order valence-electron chi connectivity index (χ0n) is 9.64. The highest BCUT2D eigenvalue weighted by Gasteiger charge is 2.17. The van der Waals surface area contributed by atoms with Crippen LogP contribution in [0.1, 0.15) is 38.7 Å². The van der Waals surface area contributed by atoms with E-state index in [2.05, 4.69) is 33.4 Å². The third-order valence-corrected chi connectivity index (χ3v) is 2.99. The maximum atomic E-state index is 9.24. The van der Waals surface area contributed by atoms with E-state index in [4.69, 9.17) is 0 Å². The van der Waals surface area contributed by atoms with Gasteiger partial charge in [0.15, 0.2) is 0 Å². The topological polar surface area (TPSA) is 20.2 Å². The van der Waals surface area contributed by atoms with E-state index in [1.807, 2.05) is 12.1 Å². The molecule has 0 aliphatic heterocycles. The molecule has 0 amide bonds. The lowest BCUT2D eigenvalue weighted by Crippen LogP contribution is -2.12. The number of thiol groups is 1. The Morgan fingerprint density at radius 3 is 2.07 bits per heavy atom. The summed E-state index contributed by atoms with van der Waals surface area (Å²) in [5.74, 6) is 1.46. The summed E-state index contributed by atoms with van der Waals surface area (Å²) in [5, 5.41) is 9.58. The van der Waals surface area contributed by atoms with Gasteiger partial charge in [0.05, 0.1) is 0 Å². The minimum Gasteiger partial charge on any atom is -0.508 e. The molecule has 0 aliphatic rings. The molecule has 0 spiro atoms. The van der Waals surface area contributed by atoms with Crippen molar-refractivity contribution in [2.24, 2.45) is 5.92 Å². The quantitative estimate of drug-likeness (QED) is 0.745. The van der Waals surface area contributed by atoms with Crippen LogP contribution in [0.4, 0.5) is 0 Å². The molecule has 0 aliphatic carbocycles. The Morgan fingerprint density at radius 2 is 1.67 bits per heavy atom. The van der Waals surface area contributed by atoms with Crippen LogP contribution in [0.5, 0.6) is 5.75 Å². The van der Waals surface area contributed by atoms with Gasteiger partial charge >= 0.3 is 0 Å². The van der Waals surface area contributed by atoms with E-state index in [-0.39, 0.29) is 0 Å². The van der Waals surface area contributed by atoms with Crippen molar-refractivity contribution < 1.29 is 5.11 Å². The fraction of sp³-hybridized carbons (Fsp3) is 0.538. The third-order valence-electron chi connectivity index (χ3n) is 2.63. The largest absolute Gasteiger partial charge is 0.508 e. The second-order valence-electron chi connectivity index (χ2n) is 4.57. The highest BCUT2D eigenvalue weighted by Crippen LogP contribution is 2.30. The first-order valence-electron chi connectivity index (χ1n) is 5.47. The summed E-state index contributed by atoms with van der Waals surface area (Å²) < 4.78 is 0. The summed E-state index contributed by atoms with van der Waals surface area (Å²) in [6.07, 6.45) is 1.13. The van der Waals surface area contributed by atoms with Crippen molar-refractivity contribution in [3.8, 4) is 5.75 Å². The van der Waals surface area contributed by atoms with Gasteiger partial charge in [0.2, 0.25) is 0 Å². The molecule has 0 fully saturated rings. The van der Waals surface area contributed by atoms with Crippen LogP contribution in [0.25, 0.3) is 0 Å². The smallest absolute Gasteiger partial charge is 0.115 e. The lowest BCUT2D eigenvalue weighted by molar-refractivity contribution is 0.472. The molecule has 0 saturated carbocycles. The fourth-order valence-corrected chi connectivity index (χ4v) is 2.13. The average Bonchev–Trinajstić information content (AvgIpc) is 2.15. The van der Waals surface area contributed by atoms with E-state index >= 15 is 0 Å². The number of hydrogen-bond acceptors (Lipinski definition) is 2. The zero-order valence-corrected chi connectivity index (χ0v) is 10.5. The van der Waals surface area contributed by atoms with Crippen molar-refractivity contribution in [1.82, 2.24) is 0 Å². The predicted molar refractivity (Wildman–Crippen MR) is 68.8 cm³/mol. The van der Waals surface area contributed by atoms with Crippen LogP contribution in [-0.4, -0.2) is 10.4 Å². The van der Waals surface area contributed by atoms with Gasteiger partial charge in [-0.05, 0) is 36.0 Å². The summed E-state index contributed by atoms with van der Waals surface area (Å²) in [7, 11) is 0. The van der Waals surface area contributed by atoms with Gasteiger partial charge in [0, 0.05) is 5.25 Å². The first-order chi connectivity index (χ1) is 7.00. The number of phenolic OH excluding ortho intramolecular Hbond substituents is 1. The van der Waals surface area contributed by atoms with Crippen molar-refractivity contribution in [2.75, 3.05) is 0 Å². The van der Waals surface area contributed by atoms with Crippen LogP contribution in [0, 0.1) is 5.92 Å². The van der Waals surface area contributed by atoms with Gasteiger partial charge in [-0.25, -0.2) is 0 Å². The molecular formula is C13H20OS. The minimum atomic E-state index is 0.328.